The van der Waals surface area contributed by atoms with Crippen LogP contribution in [0.25, 0.3) is 0 Å². The standard InChI is InChI=1S/C24H27O4P/c1-22(25,19-13-7-4-8-14-19)29(28,23(2,26)20-15-9-5-10-16-20)24(3,27)21-17-11-6-12-18-21/h4-18,25-27H,1-3H3. The summed E-state index contributed by atoms with van der Waals surface area (Å²) in [6.45, 7) is 4.20. The highest BCUT2D eigenvalue weighted by molar-refractivity contribution is 7.66. The van der Waals surface area contributed by atoms with Crippen LogP contribution in [-0.2, 0) is 20.6 Å². The van der Waals surface area contributed by atoms with Crippen molar-refractivity contribution in [1.82, 2.24) is 0 Å². The summed E-state index contributed by atoms with van der Waals surface area (Å²) in [5.41, 5.74) is 1.07. The molecule has 3 aromatic rings. The third-order valence-corrected chi connectivity index (χ3v) is 10.3. The van der Waals surface area contributed by atoms with E-state index >= 15 is 0 Å². The molecule has 0 saturated carbocycles. The Labute approximate surface area is 171 Å². The minimum absolute atomic E-state index is 0.357. The maximum Gasteiger partial charge on any atom is 0.189 e. The predicted molar refractivity (Wildman–Crippen MR) is 116 cm³/mol. The second-order valence-corrected chi connectivity index (χ2v) is 11.6. The van der Waals surface area contributed by atoms with Gasteiger partial charge in [0, 0.05) is 0 Å². The van der Waals surface area contributed by atoms with Crippen molar-refractivity contribution in [1.29, 1.82) is 0 Å². The molecule has 3 aromatic carbocycles. The second-order valence-electron chi connectivity index (χ2n) is 7.77. The molecule has 0 bridgehead atoms. The second kappa shape index (κ2) is 7.55. The lowest BCUT2D eigenvalue weighted by Gasteiger charge is -2.49. The first-order valence-electron chi connectivity index (χ1n) is 9.51. The van der Waals surface area contributed by atoms with Gasteiger partial charge in [0.15, 0.2) is 7.14 Å². The third-order valence-electron chi connectivity index (χ3n) is 5.80. The average Bonchev–Trinajstić information content (AvgIpc) is 2.74. The average molecular weight is 410 g/mol. The molecule has 5 heteroatoms. The van der Waals surface area contributed by atoms with Crippen LogP contribution in [-0.4, -0.2) is 15.3 Å². The molecule has 0 fully saturated rings. The normalized spacial score (nSPS) is 19.9. The minimum atomic E-state index is -4.33. The SMILES string of the molecule is CC(O)(c1ccccc1)P(=O)(C(C)(O)c1ccccc1)C(C)(O)c1ccccc1. The zero-order valence-electron chi connectivity index (χ0n) is 16.9. The Morgan fingerprint density at radius 1 is 0.517 bits per heavy atom. The Balaban J connectivity index is 2.35. The molecule has 0 heterocycles. The Bertz CT molecular complexity index is 865. The first-order valence-corrected chi connectivity index (χ1v) is 11.2. The smallest absolute Gasteiger partial charge is 0.189 e. The molecule has 0 aliphatic rings. The summed E-state index contributed by atoms with van der Waals surface area (Å²) in [6, 6.07) is 25.6. The lowest BCUT2D eigenvalue weighted by atomic mass is 10.1. The molecular formula is C24H27O4P. The molecule has 0 aromatic heterocycles. The maximum atomic E-state index is 14.9. The topological polar surface area (TPSA) is 77.8 Å². The van der Waals surface area contributed by atoms with Crippen LogP contribution in [0.5, 0.6) is 0 Å². The fraction of sp³-hybridized carbons (Fsp3) is 0.250. The number of hydrogen-bond acceptors (Lipinski definition) is 4. The summed E-state index contributed by atoms with van der Waals surface area (Å²) >= 11 is 0. The number of hydrogen-bond donors (Lipinski definition) is 3. The van der Waals surface area contributed by atoms with Gasteiger partial charge >= 0.3 is 0 Å². The van der Waals surface area contributed by atoms with Crippen LogP contribution in [0.4, 0.5) is 0 Å². The first-order chi connectivity index (χ1) is 13.6. The molecule has 0 aliphatic carbocycles. The van der Waals surface area contributed by atoms with Crippen LogP contribution >= 0.6 is 7.14 Å². The van der Waals surface area contributed by atoms with Crippen molar-refractivity contribution in [2.24, 2.45) is 0 Å². The van der Waals surface area contributed by atoms with Gasteiger partial charge in [-0.05, 0) is 37.5 Å². The third kappa shape index (κ3) is 3.27. The number of aliphatic hydroxyl groups is 3. The van der Waals surface area contributed by atoms with Gasteiger partial charge in [-0.2, -0.15) is 0 Å². The Kier molecular flexibility index (Phi) is 5.59. The molecule has 4 nitrogen and oxygen atoms in total. The number of rotatable bonds is 6. The molecule has 3 rings (SSSR count). The molecule has 3 unspecified atom stereocenters. The highest BCUT2D eigenvalue weighted by Crippen LogP contribution is 2.80. The zero-order valence-corrected chi connectivity index (χ0v) is 17.8. The van der Waals surface area contributed by atoms with Crippen molar-refractivity contribution in [2.75, 3.05) is 0 Å². The van der Waals surface area contributed by atoms with Gasteiger partial charge in [0.25, 0.3) is 0 Å². The van der Waals surface area contributed by atoms with Crippen molar-refractivity contribution in [3.63, 3.8) is 0 Å². The molecule has 0 spiro atoms. The predicted octanol–water partition coefficient (Wildman–Crippen LogP) is 4.95. The zero-order chi connectivity index (χ0) is 21.3. The van der Waals surface area contributed by atoms with E-state index in [4.69, 9.17) is 0 Å². The lowest BCUT2D eigenvalue weighted by molar-refractivity contribution is 0.0522. The van der Waals surface area contributed by atoms with Crippen molar-refractivity contribution in [2.45, 2.75) is 36.8 Å². The van der Waals surface area contributed by atoms with Crippen LogP contribution in [0.2, 0.25) is 0 Å². The van der Waals surface area contributed by atoms with Crippen molar-refractivity contribution < 1.29 is 19.9 Å². The summed E-state index contributed by atoms with van der Waals surface area (Å²) in [6.07, 6.45) is 0. The quantitative estimate of drug-likeness (QED) is 0.503. The highest BCUT2D eigenvalue weighted by Gasteiger charge is 2.65. The van der Waals surface area contributed by atoms with Gasteiger partial charge in [-0.15, -0.1) is 0 Å². The van der Waals surface area contributed by atoms with Crippen molar-refractivity contribution in [3.8, 4) is 0 Å². The molecular weight excluding hydrogens is 383 g/mol. The lowest BCUT2D eigenvalue weighted by Crippen LogP contribution is -2.43. The van der Waals surface area contributed by atoms with Crippen LogP contribution in [0.1, 0.15) is 37.5 Å². The van der Waals surface area contributed by atoms with Crippen LogP contribution in [0.3, 0.4) is 0 Å². The summed E-state index contributed by atoms with van der Waals surface area (Å²) in [7, 11) is -4.33. The molecule has 29 heavy (non-hydrogen) atoms. The molecule has 0 aliphatic heterocycles. The first kappa shape index (κ1) is 21.5. The molecule has 3 N–H and O–H groups in total. The maximum absolute atomic E-state index is 14.9. The van der Waals surface area contributed by atoms with Gasteiger partial charge in [-0.1, -0.05) is 91.0 Å². The summed E-state index contributed by atoms with van der Waals surface area (Å²) in [5, 5.41) is 29.1. The summed E-state index contributed by atoms with van der Waals surface area (Å²) < 4.78 is 14.9. The highest BCUT2D eigenvalue weighted by atomic mass is 31.2. The summed E-state index contributed by atoms with van der Waals surface area (Å²) in [5.74, 6) is 0. The Morgan fingerprint density at radius 2 is 0.724 bits per heavy atom. The van der Waals surface area contributed by atoms with Crippen molar-refractivity contribution in [3.05, 3.63) is 108 Å². The van der Waals surface area contributed by atoms with Crippen LogP contribution < -0.4 is 0 Å². The van der Waals surface area contributed by atoms with E-state index in [1.807, 2.05) is 0 Å². The van der Waals surface area contributed by atoms with E-state index in [9.17, 15) is 19.9 Å². The fourth-order valence-electron chi connectivity index (χ4n) is 4.08. The van der Waals surface area contributed by atoms with Gasteiger partial charge in [0.1, 0.15) is 16.0 Å². The van der Waals surface area contributed by atoms with E-state index in [0.717, 1.165) is 0 Å². The van der Waals surface area contributed by atoms with E-state index in [1.54, 1.807) is 91.0 Å². The monoisotopic (exact) mass is 410 g/mol. The van der Waals surface area contributed by atoms with Crippen molar-refractivity contribution >= 4 is 7.14 Å². The molecule has 152 valence electrons. The summed E-state index contributed by atoms with van der Waals surface area (Å²) in [4.78, 5) is 0. The molecule has 3 atom stereocenters. The largest absolute Gasteiger partial charge is 0.377 e. The van der Waals surface area contributed by atoms with Crippen LogP contribution in [0.15, 0.2) is 91.0 Å². The van der Waals surface area contributed by atoms with Gasteiger partial charge in [-0.25, -0.2) is 0 Å². The molecule has 0 saturated heterocycles. The molecule has 0 radical (unpaired) electrons. The van der Waals surface area contributed by atoms with Gasteiger partial charge < -0.3 is 19.9 Å². The van der Waals surface area contributed by atoms with E-state index in [1.165, 1.54) is 20.8 Å². The van der Waals surface area contributed by atoms with E-state index in [-0.39, 0.29) is 0 Å². The van der Waals surface area contributed by atoms with Gasteiger partial charge in [0.2, 0.25) is 0 Å². The Morgan fingerprint density at radius 3 is 0.931 bits per heavy atom. The van der Waals surface area contributed by atoms with E-state index < -0.39 is 23.2 Å². The van der Waals surface area contributed by atoms with Gasteiger partial charge in [0.05, 0.1) is 0 Å². The minimum Gasteiger partial charge on any atom is -0.377 e. The number of benzene rings is 3. The van der Waals surface area contributed by atoms with Gasteiger partial charge in [-0.3, -0.25) is 0 Å². The Hall–Kier alpha value is -2.23. The van der Waals surface area contributed by atoms with E-state index in [2.05, 4.69) is 0 Å². The van der Waals surface area contributed by atoms with E-state index in [0.29, 0.717) is 16.7 Å². The molecule has 0 amide bonds. The fourth-order valence-corrected chi connectivity index (χ4v) is 8.16. The van der Waals surface area contributed by atoms with Crippen LogP contribution in [0, 0.1) is 0 Å².